The van der Waals surface area contributed by atoms with Gasteiger partial charge >= 0.3 is 0 Å². The van der Waals surface area contributed by atoms with Gasteiger partial charge in [0.05, 0.1) is 0 Å². The monoisotopic (exact) mass is 204 g/mol. The lowest BCUT2D eigenvalue weighted by molar-refractivity contribution is -0.107. The lowest BCUT2D eigenvalue weighted by Gasteiger charge is -2.05. The molecule has 1 N–H and O–H groups in total. The van der Waals surface area contributed by atoms with Crippen molar-refractivity contribution in [1.82, 2.24) is 4.98 Å². The van der Waals surface area contributed by atoms with E-state index in [-0.39, 0.29) is 11.1 Å². The third-order valence-corrected chi connectivity index (χ3v) is 2.29. The van der Waals surface area contributed by atoms with Crippen LogP contribution in [0.15, 0.2) is 11.0 Å². The molecule has 1 rings (SSSR count). The number of H-pyrrole nitrogens is 1. The predicted octanol–water partition coefficient (Wildman–Crippen LogP) is 1.08. The number of nitriles is 1. The van der Waals surface area contributed by atoms with Crippen molar-refractivity contribution in [3.05, 3.63) is 33.2 Å². The second-order valence-electron chi connectivity index (χ2n) is 3.33. The van der Waals surface area contributed by atoms with Crippen molar-refractivity contribution in [2.45, 2.75) is 26.2 Å². The van der Waals surface area contributed by atoms with Crippen LogP contribution in [0.3, 0.4) is 0 Å². The van der Waals surface area contributed by atoms with Crippen LogP contribution in [-0.2, 0) is 11.2 Å². The fraction of sp³-hybridized carbons (Fsp3) is 0.364. The molecule has 0 amide bonds. The van der Waals surface area contributed by atoms with Crippen molar-refractivity contribution in [3.63, 3.8) is 0 Å². The molecule has 0 atom stereocenters. The van der Waals surface area contributed by atoms with Crippen LogP contribution in [0.1, 0.15) is 29.5 Å². The van der Waals surface area contributed by atoms with Crippen molar-refractivity contribution in [2.75, 3.05) is 0 Å². The maximum Gasteiger partial charge on any atom is 0.266 e. The average molecular weight is 204 g/mol. The summed E-state index contributed by atoms with van der Waals surface area (Å²) in [5, 5.41) is 8.84. The van der Waals surface area contributed by atoms with Crippen molar-refractivity contribution < 1.29 is 4.79 Å². The summed E-state index contributed by atoms with van der Waals surface area (Å²) in [6.45, 7) is 1.84. The number of aromatic amines is 1. The number of aldehydes is 1. The summed E-state index contributed by atoms with van der Waals surface area (Å²) in [6, 6.07) is 1.90. The highest BCUT2D eigenvalue weighted by Crippen LogP contribution is 2.11. The summed E-state index contributed by atoms with van der Waals surface area (Å²) in [5.74, 6) is 0. The fourth-order valence-electron chi connectivity index (χ4n) is 1.47. The first-order valence-electron chi connectivity index (χ1n) is 4.75. The van der Waals surface area contributed by atoms with E-state index in [0.717, 1.165) is 17.4 Å². The molecule has 0 radical (unpaired) electrons. The molecule has 1 heterocycles. The van der Waals surface area contributed by atoms with Crippen LogP contribution < -0.4 is 5.56 Å². The number of pyridine rings is 1. The first kappa shape index (κ1) is 11.2. The molecule has 4 nitrogen and oxygen atoms in total. The maximum atomic E-state index is 11.3. The molecule has 1 aromatic heterocycles. The molecule has 15 heavy (non-hydrogen) atoms. The topological polar surface area (TPSA) is 73.7 Å². The van der Waals surface area contributed by atoms with Gasteiger partial charge in [-0.25, -0.2) is 0 Å². The van der Waals surface area contributed by atoms with E-state index in [1.165, 1.54) is 0 Å². The molecular formula is C11H12N2O2. The van der Waals surface area contributed by atoms with Crippen LogP contribution in [0.2, 0.25) is 0 Å². The first-order valence-corrected chi connectivity index (χ1v) is 4.75. The van der Waals surface area contributed by atoms with Crippen LogP contribution in [0.25, 0.3) is 0 Å². The standard InChI is InChI=1S/C11H12N2O2/c1-8-7-13-11(15)10(6-12)9(8)4-2-3-5-14/h5,7H,2-4H2,1H3,(H,13,15). The van der Waals surface area contributed by atoms with Crippen molar-refractivity contribution in [2.24, 2.45) is 0 Å². The van der Waals surface area contributed by atoms with E-state index in [9.17, 15) is 9.59 Å². The average Bonchev–Trinajstić information content (AvgIpc) is 2.23. The smallest absolute Gasteiger partial charge is 0.266 e. The molecule has 0 saturated heterocycles. The number of rotatable bonds is 4. The molecule has 0 fully saturated rings. The Balaban J connectivity index is 3.04. The first-order chi connectivity index (χ1) is 7.20. The number of nitrogens with one attached hydrogen (secondary N) is 1. The van der Waals surface area contributed by atoms with Gasteiger partial charge in [0, 0.05) is 12.6 Å². The van der Waals surface area contributed by atoms with Gasteiger partial charge in [-0.15, -0.1) is 0 Å². The van der Waals surface area contributed by atoms with Gasteiger partial charge in [-0.2, -0.15) is 5.26 Å². The van der Waals surface area contributed by atoms with E-state index in [0.29, 0.717) is 19.3 Å². The van der Waals surface area contributed by atoms with Crippen LogP contribution >= 0.6 is 0 Å². The van der Waals surface area contributed by atoms with Gasteiger partial charge in [0.1, 0.15) is 17.9 Å². The maximum absolute atomic E-state index is 11.3. The van der Waals surface area contributed by atoms with E-state index in [1.807, 2.05) is 13.0 Å². The molecule has 0 saturated carbocycles. The summed E-state index contributed by atoms with van der Waals surface area (Å²) in [7, 11) is 0. The fourth-order valence-corrected chi connectivity index (χ4v) is 1.47. The number of aromatic nitrogens is 1. The second-order valence-corrected chi connectivity index (χ2v) is 3.33. The van der Waals surface area contributed by atoms with Crippen molar-refractivity contribution in [1.29, 1.82) is 5.26 Å². The van der Waals surface area contributed by atoms with E-state index >= 15 is 0 Å². The SMILES string of the molecule is Cc1c[nH]c(=O)c(C#N)c1CCCC=O. The summed E-state index contributed by atoms with van der Waals surface area (Å²) in [6.07, 6.45) is 4.16. The summed E-state index contributed by atoms with van der Waals surface area (Å²) >= 11 is 0. The number of aryl methyl sites for hydroxylation is 1. The zero-order valence-corrected chi connectivity index (χ0v) is 8.54. The largest absolute Gasteiger partial charge is 0.328 e. The number of nitrogens with zero attached hydrogens (tertiary/aromatic N) is 1. The highest BCUT2D eigenvalue weighted by Gasteiger charge is 2.08. The van der Waals surface area contributed by atoms with Gasteiger partial charge in [0.15, 0.2) is 0 Å². The third kappa shape index (κ3) is 2.53. The van der Waals surface area contributed by atoms with Gasteiger partial charge < -0.3 is 9.78 Å². The summed E-state index contributed by atoms with van der Waals surface area (Å²) in [4.78, 5) is 24.0. The zero-order chi connectivity index (χ0) is 11.3. The third-order valence-electron chi connectivity index (χ3n) is 2.29. The summed E-state index contributed by atoms with van der Waals surface area (Å²) in [5.41, 5.74) is 1.45. The minimum atomic E-state index is -0.357. The van der Waals surface area contributed by atoms with E-state index in [2.05, 4.69) is 4.98 Å². The quantitative estimate of drug-likeness (QED) is 0.589. The molecule has 0 aliphatic rings. The highest BCUT2D eigenvalue weighted by molar-refractivity contribution is 5.49. The molecule has 0 spiro atoms. The highest BCUT2D eigenvalue weighted by atomic mass is 16.1. The Morgan fingerprint density at radius 2 is 2.33 bits per heavy atom. The summed E-state index contributed by atoms with van der Waals surface area (Å²) < 4.78 is 0. The number of carbonyl (C=O) groups excluding carboxylic acids is 1. The molecule has 4 heteroatoms. The molecule has 0 aliphatic heterocycles. The minimum absolute atomic E-state index is 0.167. The second kappa shape index (κ2) is 5.11. The van der Waals surface area contributed by atoms with Gasteiger partial charge in [-0.3, -0.25) is 4.79 Å². The molecule has 0 aromatic carbocycles. The van der Waals surface area contributed by atoms with Gasteiger partial charge in [-0.05, 0) is 30.9 Å². The molecule has 0 unspecified atom stereocenters. The predicted molar refractivity (Wildman–Crippen MR) is 55.5 cm³/mol. The Morgan fingerprint density at radius 3 is 2.93 bits per heavy atom. The lowest BCUT2D eigenvalue weighted by atomic mass is 10.0. The molecule has 1 aromatic rings. The van der Waals surface area contributed by atoms with Gasteiger partial charge in [0.2, 0.25) is 0 Å². The zero-order valence-electron chi connectivity index (χ0n) is 8.54. The Morgan fingerprint density at radius 1 is 1.60 bits per heavy atom. The molecule has 0 bridgehead atoms. The lowest BCUT2D eigenvalue weighted by Crippen LogP contribution is -2.14. The van der Waals surface area contributed by atoms with E-state index in [1.54, 1.807) is 6.20 Å². The van der Waals surface area contributed by atoms with E-state index < -0.39 is 0 Å². The van der Waals surface area contributed by atoms with Gasteiger partial charge in [-0.1, -0.05) is 0 Å². The minimum Gasteiger partial charge on any atom is -0.328 e. The molecular weight excluding hydrogens is 192 g/mol. The van der Waals surface area contributed by atoms with Gasteiger partial charge in [0.25, 0.3) is 5.56 Å². The van der Waals surface area contributed by atoms with Crippen molar-refractivity contribution in [3.8, 4) is 6.07 Å². The number of hydrogen-bond acceptors (Lipinski definition) is 3. The Labute approximate surface area is 87.6 Å². The Hall–Kier alpha value is -1.89. The Bertz CT molecular complexity index is 455. The van der Waals surface area contributed by atoms with Crippen molar-refractivity contribution >= 4 is 6.29 Å². The van der Waals surface area contributed by atoms with Crippen LogP contribution in [-0.4, -0.2) is 11.3 Å². The Kier molecular flexibility index (Phi) is 3.81. The normalized spacial score (nSPS) is 9.60. The van der Waals surface area contributed by atoms with Crippen LogP contribution in [0, 0.1) is 18.3 Å². The molecule has 0 aliphatic carbocycles. The number of unbranched alkanes of at least 4 members (excludes halogenated alkanes) is 1. The van der Waals surface area contributed by atoms with Crippen LogP contribution in [0.5, 0.6) is 0 Å². The number of carbonyl (C=O) groups is 1. The molecule has 78 valence electrons. The van der Waals surface area contributed by atoms with E-state index in [4.69, 9.17) is 5.26 Å². The number of hydrogen-bond donors (Lipinski definition) is 1. The van der Waals surface area contributed by atoms with Crippen LogP contribution in [0.4, 0.5) is 0 Å².